The van der Waals surface area contributed by atoms with Crippen LogP contribution in [-0.4, -0.2) is 188 Å². The standard InChI is InChI=1S/C57H76ClN13O7/c1-3-40-5-4-6-43(31-40)44-33-48(67-56(37-78-38-56)36-60-34-41-12-19-68(2)50(73)32-41)51(63-35-44)54(74)62-18-28-77-30-29-76-27-14-49(72)70-25-23-69(24-26-70)20-13-47(42-7-9-45(58)10-8-42)66-55(75)57(59)15-21-71(22-16-57)53-46-11-17-61-52(46)64-39-65-53/h4-11,17,31,33,35,39,41,47,60,67H,3,12-16,18-30,32,34,36-38,59H2,1-2H3,(H,62,74)(H,66,75)(H,61,64,65)/t41?,47-/m0/s1. The molecule has 0 saturated carbocycles. The highest BCUT2D eigenvalue weighted by atomic mass is 35.5. The molecule has 7 N–H and O–H groups in total. The molecule has 0 radical (unpaired) electrons. The molecule has 21 heteroatoms. The number of nitrogens with two attached hydrogens (primary N) is 1. The van der Waals surface area contributed by atoms with Crippen molar-refractivity contribution in [2.75, 3.05) is 129 Å². The Morgan fingerprint density at radius 2 is 1.71 bits per heavy atom. The van der Waals surface area contributed by atoms with Crippen LogP contribution in [0, 0.1) is 5.92 Å². The molecule has 4 aliphatic rings. The van der Waals surface area contributed by atoms with E-state index in [2.05, 4.69) is 65.1 Å². The minimum Gasteiger partial charge on any atom is -0.379 e. The number of H-pyrrole nitrogens is 1. The molecule has 78 heavy (non-hydrogen) atoms. The quantitative estimate of drug-likeness (QED) is 0.0444. The zero-order chi connectivity index (χ0) is 54.5. The van der Waals surface area contributed by atoms with Crippen molar-refractivity contribution < 1.29 is 33.4 Å². The summed E-state index contributed by atoms with van der Waals surface area (Å²) in [6, 6.07) is 19.6. The highest BCUT2D eigenvalue weighted by Crippen LogP contribution is 2.32. The molecular weight excluding hydrogens is 1010 g/mol. The fraction of sp³-hybridized carbons (Fsp3) is 0.526. The van der Waals surface area contributed by atoms with Crippen LogP contribution in [0.3, 0.4) is 0 Å². The topological polar surface area (TPSA) is 238 Å². The summed E-state index contributed by atoms with van der Waals surface area (Å²) in [5.74, 6) is 0.847. The Kier molecular flexibility index (Phi) is 19.3. The van der Waals surface area contributed by atoms with Crippen LogP contribution in [0.5, 0.6) is 0 Å². The van der Waals surface area contributed by atoms with Gasteiger partial charge >= 0.3 is 0 Å². The number of piperazine rings is 1. The second kappa shape index (κ2) is 26.6. The van der Waals surface area contributed by atoms with E-state index in [9.17, 15) is 19.2 Å². The molecule has 418 valence electrons. The zero-order valence-corrected chi connectivity index (χ0v) is 45.8. The molecule has 2 atom stereocenters. The average molecular weight is 1090 g/mol. The number of hydrogen-bond acceptors (Lipinski definition) is 15. The number of pyridine rings is 1. The van der Waals surface area contributed by atoms with Crippen LogP contribution < -0.4 is 31.9 Å². The molecule has 0 aliphatic carbocycles. The van der Waals surface area contributed by atoms with Crippen LogP contribution in [0.2, 0.25) is 5.02 Å². The van der Waals surface area contributed by atoms with Gasteiger partial charge in [0, 0.05) is 102 Å². The summed E-state index contributed by atoms with van der Waals surface area (Å²) in [4.78, 5) is 78.0. The van der Waals surface area contributed by atoms with E-state index in [-0.39, 0.29) is 67.5 Å². The van der Waals surface area contributed by atoms with Gasteiger partial charge in [0.05, 0.1) is 74.3 Å². The molecule has 4 fully saturated rings. The molecule has 5 aromatic rings. The van der Waals surface area contributed by atoms with Crippen molar-refractivity contribution in [2.45, 2.75) is 69.0 Å². The fourth-order valence-corrected chi connectivity index (χ4v) is 10.8. The van der Waals surface area contributed by atoms with Gasteiger partial charge in [-0.2, -0.15) is 0 Å². The number of aryl methyl sites for hydroxylation is 1. The molecule has 0 spiro atoms. The number of fused-ring (bicyclic) bond motifs is 1. The van der Waals surface area contributed by atoms with Gasteiger partial charge in [0.1, 0.15) is 17.8 Å². The predicted octanol–water partition coefficient (Wildman–Crippen LogP) is 4.42. The molecule has 4 aliphatic heterocycles. The van der Waals surface area contributed by atoms with Crippen molar-refractivity contribution >= 4 is 57.8 Å². The average Bonchev–Trinajstić information content (AvgIpc) is 4.02. The maximum absolute atomic E-state index is 14.0. The molecule has 20 nitrogen and oxygen atoms in total. The summed E-state index contributed by atoms with van der Waals surface area (Å²) in [6.45, 7) is 11.1. The number of amides is 4. The lowest BCUT2D eigenvalue weighted by atomic mass is 9.87. The lowest BCUT2D eigenvalue weighted by molar-refractivity contribution is -0.134. The van der Waals surface area contributed by atoms with Gasteiger partial charge in [-0.05, 0) is 85.5 Å². The number of likely N-dealkylation sites (tertiary alicyclic amines) is 1. The molecule has 1 unspecified atom stereocenters. The van der Waals surface area contributed by atoms with E-state index in [1.165, 1.54) is 5.56 Å². The smallest absolute Gasteiger partial charge is 0.272 e. The summed E-state index contributed by atoms with van der Waals surface area (Å²) in [5.41, 5.74) is 11.1. The van der Waals surface area contributed by atoms with Crippen molar-refractivity contribution in [3.05, 3.63) is 101 Å². The number of benzene rings is 2. The number of hydrogen-bond donors (Lipinski definition) is 6. The molecule has 9 rings (SSSR count). The van der Waals surface area contributed by atoms with Crippen molar-refractivity contribution in [2.24, 2.45) is 11.7 Å². The summed E-state index contributed by atoms with van der Waals surface area (Å²) >= 11 is 6.26. The van der Waals surface area contributed by atoms with Crippen LogP contribution in [-0.2, 0) is 35.0 Å². The first-order chi connectivity index (χ1) is 37.9. The maximum atomic E-state index is 14.0. The van der Waals surface area contributed by atoms with Crippen LogP contribution in [0.1, 0.15) is 73.1 Å². The Hall–Kier alpha value is -6.26. The van der Waals surface area contributed by atoms with Gasteiger partial charge in [0.25, 0.3) is 5.91 Å². The Balaban J connectivity index is 0.672. The van der Waals surface area contributed by atoms with Gasteiger partial charge in [-0.15, -0.1) is 0 Å². The Morgan fingerprint density at radius 1 is 0.923 bits per heavy atom. The Morgan fingerprint density at radius 3 is 2.45 bits per heavy atom. The molecule has 4 amide bonds. The minimum atomic E-state index is -1.03. The number of ether oxygens (including phenoxy) is 3. The second-order valence-corrected chi connectivity index (χ2v) is 21.7. The minimum absolute atomic E-state index is 0.0449. The largest absolute Gasteiger partial charge is 0.379 e. The third-order valence-electron chi connectivity index (χ3n) is 15.7. The summed E-state index contributed by atoms with van der Waals surface area (Å²) in [5, 5.41) is 15.1. The van der Waals surface area contributed by atoms with Crippen LogP contribution >= 0.6 is 11.6 Å². The van der Waals surface area contributed by atoms with E-state index in [4.69, 9.17) is 36.5 Å². The van der Waals surface area contributed by atoms with Crippen LogP contribution in [0.4, 0.5) is 11.5 Å². The third-order valence-corrected chi connectivity index (χ3v) is 16.0. The molecule has 0 bridgehead atoms. The van der Waals surface area contributed by atoms with Crippen molar-refractivity contribution in [3.8, 4) is 11.1 Å². The number of aromatic nitrogens is 4. The van der Waals surface area contributed by atoms with Crippen molar-refractivity contribution in [1.82, 2.24) is 50.6 Å². The van der Waals surface area contributed by atoms with E-state index in [1.807, 2.05) is 66.7 Å². The van der Waals surface area contributed by atoms with Gasteiger partial charge in [-0.25, -0.2) is 15.0 Å². The number of carbonyl (C=O) groups excluding carboxylic acids is 4. The van der Waals surface area contributed by atoms with E-state index in [0.29, 0.717) is 95.5 Å². The lowest BCUT2D eigenvalue weighted by Crippen LogP contribution is -2.62. The van der Waals surface area contributed by atoms with E-state index < -0.39 is 11.1 Å². The second-order valence-electron chi connectivity index (χ2n) is 21.3. The lowest BCUT2D eigenvalue weighted by Gasteiger charge is -2.43. The number of nitrogens with one attached hydrogen (secondary N) is 5. The molecule has 7 heterocycles. The number of piperidine rings is 2. The van der Waals surface area contributed by atoms with Gasteiger partial charge in [-0.3, -0.25) is 24.1 Å². The maximum Gasteiger partial charge on any atom is 0.272 e. The highest BCUT2D eigenvalue weighted by Gasteiger charge is 2.41. The molecular formula is C57H76ClN13O7. The summed E-state index contributed by atoms with van der Waals surface area (Å²) < 4.78 is 17.3. The normalized spacial score (nSPS) is 18.8. The number of nitrogens with zero attached hydrogens (tertiary/aromatic N) is 7. The van der Waals surface area contributed by atoms with E-state index in [1.54, 1.807) is 17.4 Å². The van der Waals surface area contributed by atoms with Gasteiger partial charge in [0.2, 0.25) is 17.7 Å². The van der Waals surface area contributed by atoms with Gasteiger partial charge in [0.15, 0.2) is 5.69 Å². The van der Waals surface area contributed by atoms with Crippen molar-refractivity contribution in [3.63, 3.8) is 0 Å². The van der Waals surface area contributed by atoms with Crippen LogP contribution in [0.15, 0.2) is 79.4 Å². The number of halogens is 1. The number of aromatic amines is 1. The number of carbonyl (C=O) groups is 4. The first-order valence-electron chi connectivity index (χ1n) is 27.6. The number of anilines is 2. The Labute approximate surface area is 461 Å². The third kappa shape index (κ3) is 14.5. The van der Waals surface area contributed by atoms with Gasteiger partial charge in [-0.1, -0.05) is 54.9 Å². The van der Waals surface area contributed by atoms with E-state index in [0.717, 1.165) is 79.1 Å². The summed E-state index contributed by atoms with van der Waals surface area (Å²) in [6.07, 6.45) is 9.43. The molecule has 4 saturated heterocycles. The zero-order valence-electron chi connectivity index (χ0n) is 45.1. The summed E-state index contributed by atoms with van der Waals surface area (Å²) in [7, 11) is 1.85. The monoisotopic (exact) mass is 1090 g/mol. The SMILES string of the molecule is CCc1cccc(-c2cnc(C(=O)NCCOCCOCCC(=O)N3CCN(CC[C@H](NC(=O)C4(N)CCN(c5ncnc6[nH]ccc56)CC4)c4ccc(Cl)cc4)CC3)c(NC3(CNCC4CCN(C)C(=O)C4)COC3)c2)c1. The highest BCUT2D eigenvalue weighted by molar-refractivity contribution is 6.30. The van der Waals surface area contributed by atoms with Crippen molar-refractivity contribution in [1.29, 1.82) is 0 Å². The molecule has 2 aromatic carbocycles. The predicted molar refractivity (Wildman–Crippen MR) is 300 cm³/mol. The van der Waals surface area contributed by atoms with Gasteiger partial charge < -0.3 is 60.9 Å². The van der Waals surface area contributed by atoms with Crippen LogP contribution in [0.25, 0.3) is 22.2 Å². The van der Waals surface area contributed by atoms with E-state index >= 15 is 0 Å². The first-order valence-corrected chi connectivity index (χ1v) is 28.0. The molecule has 3 aromatic heterocycles. The fourth-order valence-electron chi connectivity index (χ4n) is 10.7. The number of rotatable bonds is 25. The Bertz CT molecular complexity index is 2820. The first kappa shape index (κ1) is 56.5.